The Balaban J connectivity index is 2.48. The molecule has 2 aromatic carbocycles. The molecule has 0 unspecified atom stereocenters. The number of carbonyl (C=O) groups excluding carboxylic acids is 2. The van der Waals surface area contributed by atoms with Gasteiger partial charge in [-0.25, -0.2) is 8.42 Å². The van der Waals surface area contributed by atoms with Gasteiger partial charge in [0, 0.05) is 13.1 Å². The van der Waals surface area contributed by atoms with Crippen molar-refractivity contribution in [1.29, 1.82) is 0 Å². The summed E-state index contributed by atoms with van der Waals surface area (Å²) >= 11 is 0. The summed E-state index contributed by atoms with van der Waals surface area (Å²) in [7, 11) is -3.75. The van der Waals surface area contributed by atoms with E-state index < -0.39 is 22.0 Å². The normalized spacial score (nSPS) is 12.2. The maximum atomic E-state index is 13.7. The van der Waals surface area contributed by atoms with Gasteiger partial charge in [0.25, 0.3) is 0 Å². The number of sulfonamides is 1. The first-order valence-corrected chi connectivity index (χ1v) is 13.5. The maximum absolute atomic E-state index is 13.7. The monoisotopic (exact) mass is 487 g/mol. The minimum Gasteiger partial charge on any atom is -0.354 e. The smallest absolute Gasteiger partial charge is 0.244 e. The third-order valence-electron chi connectivity index (χ3n) is 6.06. The van der Waals surface area contributed by atoms with Gasteiger partial charge in [-0.2, -0.15) is 0 Å². The van der Waals surface area contributed by atoms with Crippen LogP contribution in [0.1, 0.15) is 48.9 Å². The highest BCUT2D eigenvalue weighted by Gasteiger charge is 2.32. The predicted octanol–water partition coefficient (Wildman–Crippen LogP) is 3.71. The largest absolute Gasteiger partial charge is 0.354 e. The first kappa shape index (κ1) is 27.4. The lowest BCUT2D eigenvalue weighted by Crippen LogP contribution is -2.52. The maximum Gasteiger partial charge on any atom is 0.244 e. The molecule has 0 aliphatic heterocycles. The molecule has 0 fully saturated rings. The highest BCUT2D eigenvalue weighted by atomic mass is 32.2. The van der Waals surface area contributed by atoms with Crippen molar-refractivity contribution in [3.8, 4) is 0 Å². The first-order valence-electron chi connectivity index (χ1n) is 11.7. The zero-order valence-electron chi connectivity index (χ0n) is 21.1. The SMILES string of the molecule is CCCNC(=O)[C@H](CC)N(Cc1ccccc1C)C(=O)CN(c1cccc(C)c1C)S(C)(=O)=O. The van der Waals surface area contributed by atoms with E-state index in [1.54, 1.807) is 12.1 Å². The van der Waals surface area contributed by atoms with Gasteiger partial charge in [0.2, 0.25) is 21.8 Å². The molecule has 0 aliphatic rings. The minimum absolute atomic E-state index is 0.216. The van der Waals surface area contributed by atoms with Crippen LogP contribution in [0.4, 0.5) is 5.69 Å². The van der Waals surface area contributed by atoms with E-state index in [0.717, 1.165) is 39.2 Å². The van der Waals surface area contributed by atoms with Crippen LogP contribution in [0, 0.1) is 20.8 Å². The lowest BCUT2D eigenvalue weighted by Gasteiger charge is -2.33. The number of rotatable bonds is 11. The second-order valence-electron chi connectivity index (χ2n) is 8.65. The standard InChI is InChI=1S/C26H37N3O4S/c1-7-16-27-26(31)23(8-2)28(17-22-14-10-9-12-20(22)4)25(30)18-29(34(6,32)33)24-15-11-13-19(3)21(24)5/h9-15,23H,7-8,16-18H2,1-6H3,(H,27,31)/t23-/m0/s1. The number of aryl methyl sites for hydroxylation is 2. The van der Waals surface area contributed by atoms with Crippen molar-refractivity contribution < 1.29 is 18.0 Å². The predicted molar refractivity (Wildman–Crippen MR) is 137 cm³/mol. The molecule has 0 heterocycles. The molecule has 2 aromatic rings. The molecular formula is C26H37N3O4S. The van der Waals surface area contributed by atoms with E-state index in [1.165, 1.54) is 4.90 Å². The van der Waals surface area contributed by atoms with Crippen LogP contribution >= 0.6 is 0 Å². The minimum atomic E-state index is -3.75. The third-order valence-corrected chi connectivity index (χ3v) is 7.19. The van der Waals surface area contributed by atoms with Crippen LogP contribution in [-0.2, 0) is 26.2 Å². The lowest BCUT2D eigenvalue weighted by molar-refractivity contribution is -0.140. The van der Waals surface area contributed by atoms with E-state index in [4.69, 9.17) is 0 Å². The Morgan fingerprint density at radius 1 is 0.971 bits per heavy atom. The van der Waals surface area contributed by atoms with Crippen LogP contribution in [0.15, 0.2) is 42.5 Å². The summed E-state index contributed by atoms with van der Waals surface area (Å²) in [6.45, 7) is 9.86. The molecule has 0 spiro atoms. The van der Waals surface area contributed by atoms with Gasteiger partial charge in [-0.1, -0.05) is 50.2 Å². The zero-order valence-corrected chi connectivity index (χ0v) is 21.9. The van der Waals surface area contributed by atoms with Gasteiger partial charge >= 0.3 is 0 Å². The lowest BCUT2D eigenvalue weighted by atomic mass is 10.1. The summed E-state index contributed by atoms with van der Waals surface area (Å²) in [4.78, 5) is 28.2. The van der Waals surface area contributed by atoms with Gasteiger partial charge in [0.15, 0.2) is 0 Å². The van der Waals surface area contributed by atoms with Crippen molar-refractivity contribution in [3.63, 3.8) is 0 Å². The summed E-state index contributed by atoms with van der Waals surface area (Å²) < 4.78 is 26.7. The van der Waals surface area contributed by atoms with Gasteiger partial charge in [0.05, 0.1) is 11.9 Å². The molecule has 2 rings (SSSR count). The van der Waals surface area contributed by atoms with Crippen molar-refractivity contribution in [2.45, 2.75) is 60.0 Å². The molecule has 8 heteroatoms. The van der Waals surface area contributed by atoms with E-state index in [0.29, 0.717) is 18.7 Å². The highest BCUT2D eigenvalue weighted by molar-refractivity contribution is 7.92. The summed E-state index contributed by atoms with van der Waals surface area (Å²) in [5.74, 6) is -0.656. The third kappa shape index (κ3) is 6.82. The highest BCUT2D eigenvalue weighted by Crippen LogP contribution is 2.26. The fourth-order valence-corrected chi connectivity index (χ4v) is 4.76. The number of anilines is 1. The Labute approximate surface area is 204 Å². The number of amides is 2. The number of nitrogens with one attached hydrogen (secondary N) is 1. The molecule has 34 heavy (non-hydrogen) atoms. The van der Waals surface area contributed by atoms with E-state index in [2.05, 4.69) is 5.32 Å². The van der Waals surface area contributed by atoms with E-state index in [1.807, 2.05) is 65.0 Å². The zero-order chi connectivity index (χ0) is 25.5. The Morgan fingerprint density at radius 3 is 2.21 bits per heavy atom. The van der Waals surface area contributed by atoms with Gasteiger partial charge in [-0.15, -0.1) is 0 Å². The molecule has 186 valence electrons. The molecule has 0 saturated heterocycles. The molecular weight excluding hydrogens is 450 g/mol. The van der Waals surface area contributed by atoms with Crippen LogP contribution in [0.5, 0.6) is 0 Å². The number of hydrogen-bond acceptors (Lipinski definition) is 4. The molecule has 0 radical (unpaired) electrons. The second-order valence-corrected chi connectivity index (χ2v) is 10.6. The summed E-state index contributed by atoms with van der Waals surface area (Å²) in [5.41, 5.74) is 4.10. The molecule has 0 saturated carbocycles. The molecule has 2 amide bonds. The van der Waals surface area contributed by atoms with Crippen molar-refractivity contribution in [2.75, 3.05) is 23.7 Å². The van der Waals surface area contributed by atoms with Crippen LogP contribution in [0.25, 0.3) is 0 Å². The van der Waals surface area contributed by atoms with Crippen molar-refractivity contribution >= 4 is 27.5 Å². The average Bonchev–Trinajstić information content (AvgIpc) is 2.78. The Kier molecular flexibility index (Phi) is 9.67. The molecule has 1 N–H and O–H groups in total. The molecule has 0 aliphatic carbocycles. The number of benzene rings is 2. The molecule has 7 nitrogen and oxygen atoms in total. The van der Waals surface area contributed by atoms with Gasteiger partial charge in [0.1, 0.15) is 12.6 Å². The second kappa shape index (κ2) is 12.0. The molecule has 0 aromatic heterocycles. The van der Waals surface area contributed by atoms with Crippen LogP contribution in [-0.4, -0.2) is 50.5 Å². The van der Waals surface area contributed by atoms with E-state index in [-0.39, 0.29) is 19.0 Å². The topological polar surface area (TPSA) is 86.8 Å². The summed E-state index contributed by atoms with van der Waals surface area (Å²) in [6, 6.07) is 12.4. The summed E-state index contributed by atoms with van der Waals surface area (Å²) in [5, 5.41) is 2.89. The van der Waals surface area contributed by atoms with Crippen molar-refractivity contribution in [2.24, 2.45) is 0 Å². The van der Waals surface area contributed by atoms with E-state index >= 15 is 0 Å². The van der Waals surface area contributed by atoms with Crippen molar-refractivity contribution in [3.05, 3.63) is 64.7 Å². The van der Waals surface area contributed by atoms with Crippen molar-refractivity contribution in [1.82, 2.24) is 10.2 Å². The number of hydrogen-bond donors (Lipinski definition) is 1. The number of carbonyl (C=O) groups is 2. The van der Waals surface area contributed by atoms with Gasteiger partial charge in [-0.3, -0.25) is 13.9 Å². The quantitative estimate of drug-likeness (QED) is 0.523. The van der Waals surface area contributed by atoms with Crippen LogP contribution in [0.2, 0.25) is 0 Å². The fraction of sp³-hybridized carbons (Fsp3) is 0.462. The van der Waals surface area contributed by atoms with E-state index in [9.17, 15) is 18.0 Å². The van der Waals surface area contributed by atoms with Gasteiger partial charge in [-0.05, 0) is 61.9 Å². The molecule has 0 bridgehead atoms. The van der Waals surface area contributed by atoms with Gasteiger partial charge < -0.3 is 10.2 Å². The Hall–Kier alpha value is -2.87. The Morgan fingerprint density at radius 2 is 1.62 bits per heavy atom. The number of nitrogens with zero attached hydrogens (tertiary/aromatic N) is 2. The first-order chi connectivity index (χ1) is 16.0. The Bertz CT molecular complexity index is 1110. The molecule has 1 atom stereocenters. The summed E-state index contributed by atoms with van der Waals surface area (Å²) in [6.07, 6.45) is 2.29. The fourth-order valence-electron chi connectivity index (χ4n) is 3.86. The average molecular weight is 488 g/mol. The van der Waals surface area contributed by atoms with Crippen LogP contribution in [0.3, 0.4) is 0 Å². The van der Waals surface area contributed by atoms with Crippen LogP contribution < -0.4 is 9.62 Å².